The van der Waals surface area contributed by atoms with Gasteiger partial charge in [-0.05, 0) is 144 Å². The second-order valence-corrected chi connectivity index (χ2v) is 21.2. The summed E-state index contributed by atoms with van der Waals surface area (Å²) < 4.78 is 54.3. The lowest BCUT2D eigenvalue weighted by atomic mass is 9.47. The number of ketones is 2. The van der Waals surface area contributed by atoms with Gasteiger partial charge in [-0.2, -0.15) is 0 Å². The van der Waals surface area contributed by atoms with Crippen LogP contribution in [0.25, 0.3) is 44.1 Å². The molecule has 12 rings (SSSR count). The van der Waals surface area contributed by atoms with E-state index >= 15 is 0 Å². The van der Waals surface area contributed by atoms with Crippen LogP contribution >= 0.6 is 0 Å². The number of carbonyl (C=O) groups excluding carboxylic acids is 3. The Morgan fingerprint density at radius 2 is 0.918 bits per heavy atom. The Hall–Kier alpha value is -7.46. The fourth-order valence-corrected chi connectivity index (χ4v) is 12.6. The number of aliphatic carboxylic acids is 1. The first-order chi connectivity index (χ1) is 36.0. The number of carboxylic acids is 1. The molecule has 4 aliphatic rings. The molecule has 8 nitrogen and oxygen atoms in total. The number of Topliss-reactive ketones (excluding diaryl/α,β-unsaturated/α-hetero) is 2. The molecule has 2 aromatic heterocycles. The molecule has 4 saturated carbocycles. The highest BCUT2D eigenvalue weighted by Crippen LogP contribution is 2.63. The van der Waals surface area contributed by atoms with E-state index in [-0.39, 0.29) is 45.9 Å². The largest absolute Gasteiger partial charge is 0.481 e. The highest BCUT2D eigenvalue weighted by Gasteiger charge is 2.56. The van der Waals surface area contributed by atoms with Gasteiger partial charge >= 0.3 is 11.9 Å². The number of methoxy groups -OCH3 is 1. The fourth-order valence-electron chi connectivity index (χ4n) is 12.6. The van der Waals surface area contributed by atoms with Crippen molar-refractivity contribution in [2.45, 2.75) is 77.3 Å². The molecule has 0 bridgehead atoms. The van der Waals surface area contributed by atoms with E-state index in [0.717, 1.165) is 59.1 Å². The minimum Gasteiger partial charge on any atom is -0.481 e. The number of aromatic nitrogens is 2. The fraction of sp³-hybridized carbons (Fsp3) is 0.302. The number of nitrogens with zero attached hydrogens (tertiary/aromatic N) is 2. The van der Waals surface area contributed by atoms with Gasteiger partial charge in [0.05, 0.1) is 29.9 Å². The Balaban J connectivity index is 0.000000161. The molecule has 73 heavy (non-hydrogen) atoms. The molecule has 1 N–H and O–H groups in total. The van der Waals surface area contributed by atoms with Crippen LogP contribution in [0.4, 0.5) is 8.78 Å². The standard InChI is InChI=1S/C32H30FNO3.C31H28FNO3/c1-37-31(36)25-18-32(19-25)16-22(17-32)15-29(35)27-11-12-28(33)26-13-14-34(30(26)27)20-21-7-9-24(10-8-21)23-5-3-2-4-6-23;32-27-11-10-26(28(34)14-21-15-31(16-21)17-24(18-31)30(35)36)29-25(27)12-13-33(29)19-20-6-8-23(9-7-20)22-4-2-1-3-5-22/h2-14,22,25H,15-20H2,1H3;1-13,21,24H,14-19H2,(H,35,36)/i25D;24D. The predicted octanol–water partition coefficient (Wildman–Crippen LogP) is 14.0. The van der Waals surface area contributed by atoms with Crippen LogP contribution in [-0.2, 0) is 27.4 Å². The number of hydrogen-bond acceptors (Lipinski definition) is 5. The van der Waals surface area contributed by atoms with Crippen molar-refractivity contribution < 1.29 is 40.5 Å². The van der Waals surface area contributed by atoms with E-state index in [4.69, 9.17) is 7.48 Å². The quantitative estimate of drug-likeness (QED) is 0.0859. The summed E-state index contributed by atoms with van der Waals surface area (Å²) in [6.45, 7) is 1.06. The van der Waals surface area contributed by atoms with Gasteiger partial charge < -0.3 is 19.0 Å². The molecule has 0 amide bonds. The van der Waals surface area contributed by atoms with Crippen LogP contribution in [-0.4, -0.2) is 44.9 Å². The summed E-state index contributed by atoms with van der Waals surface area (Å²) in [5.41, 5.74) is 8.91. The molecule has 4 fully saturated rings. The lowest BCUT2D eigenvalue weighted by Gasteiger charge is -2.57. The third kappa shape index (κ3) is 9.55. The Labute approximate surface area is 426 Å². The van der Waals surface area contributed by atoms with E-state index < -0.39 is 23.7 Å². The van der Waals surface area contributed by atoms with Crippen molar-refractivity contribution in [2.75, 3.05) is 7.11 Å². The first-order valence-corrected chi connectivity index (χ1v) is 25.3. The molecular formula is C63H58F2N2O6. The maximum atomic E-state index is 14.7. The third-order valence-corrected chi connectivity index (χ3v) is 16.1. The molecule has 4 aliphatic carbocycles. The molecule has 8 aromatic rings. The molecule has 2 spiro atoms. The molecule has 2 heterocycles. The van der Waals surface area contributed by atoms with Gasteiger partial charge in [0.25, 0.3) is 0 Å². The Morgan fingerprint density at radius 1 is 0.534 bits per heavy atom. The van der Waals surface area contributed by atoms with Crippen LogP contribution in [0.3, 0.4) is 0 Å². The van der Waals surface area contributed by atoms with Crippen molar-refractivity contribution in [3.63, 3.8) is 0 Å². The number of ether oxygens (including phenoxy) is 1. The van der Waals surface area contributed by atoms with Crippen LogP contribution in [0, 0.1) is 46.1 Å². The average Bonchev–Trinajstić information content (AvgIpc) is 4.02. The van der Waals surface area contributed by atoms with Crippen molar-refractivity contribution in [3.8, 4) is 22.3 Å². The molecule has 0 aliphatic heterocycles. The van der Waals surface area contributed by atoms with Gasteiger partial charge in [-0.3, -0.25) is 19.2 Å². The van der Waals surface area contributed by atoms with Crippen molar-refractivity contribution in [3.05, 3.63) is 192 Å². The minimum atomic E-state index is -1.36. The van der Waals surface area contributed by atoms with Gasteiger partial charge in [-0.15, -0.1) is 0 Å². The Morgan fingerprint density at radius 3 is 1.30 bits per heavy atom. The maximum Gasteiger partial charge on any atom is 0.308 e. The van der Waals surface area contributed by atoms with E-state index in [9.17, 15) is 33.1 Å². The highest BCUT2D eigenvalue weighted by molar-refractivity contribution is 6.08. The molecule has 0 unspecified atom stereocenters. The van der Waals surface area contributed by atoms with Crippen molar-refractivity contribution in [1.29, 1.82) is 0 Å². The second-order valence-electron chi connectivity index (χ2n) is 21.2. The van der Waals surface area contributed by atoms with Gasteiger partial charge in [-0.25, -0.2) is 8.78 Å². The Bertz CT molecular complexity index is 3470. The first kappa shape index (κ1) is 45.4. The van der Waals surface area contributed by atoms with Crippen LogP contribution in [0.5, 0.6) is 0 Å². The highest BCUT2D eigenvalue weighted by atomic mass is 19.1. The summed E-state index contributed by atoms with van der Waals surface area (Å²) in [4.78, 5) is 49.9. The van der Waals surface area contributed by atoms with E-state index in [2.05, 4.69) is 72.8 Å². The van der Waals surface area contributed by atoms with Gasteiger partial charge in [0.15, 0.2) is 11.6 Å². The lowest BCUT2D eigenvalue weighted by molar-refractivity contribution is -0.161. The number of carbonyl (C=O) groups is 4. The molecule has 0 saturated heterocycles. The van der Waals surface area contributed by atoms with Gasteiger partial charge in [0.1, 0.15) is 11.6 Å². The van der Waals surface area contributed by atoms with Crippen LogP contribution < -0.4 is 0 Å². The maximum absolute atomic E-state index is 14.7. The zero-order chi connectivity index (χ0) is 52.3. The van der Waals surface area contributed by atoms with E-state index in [1.165, 1.54) is 19.2 Å². The Kier molecular flexibility index (Phi) is 12.1. The number of esters is 1. The van der Waals surface area contributed by atoms with Crippen molar-refractivity contribution in [1.82, 2.24) is 9.13 Å². The zero-order valence-corrected chi connectivity index (χ0v) is 40.8. The predicted molar refractivity (Wildman–Crippen MR) is 279 cm³/mol. The monoisotopic (exact) mass is 978 g/mol. The summed E-state index contributed by atoms with van der Waals surface area (Å²) >= 11 is 0. The zero-order valence-electron chi connectivity index (χ0n) is 42.8. The smallest absolute Gasteiger partial charge is 0.308 e. The second kappa shape index (κ2) is 19.5. The van der Waals surface area contributed by atoms with Crippen molar-refractivity contribution in [2.24, 2.45) is 34.5 Å². The number of fused-ring (bicyclic) bond motifs is 2. The number of halogens is 2. The normalized spacial score (nSPS) is 25.0. The number of rotatable bonds is 14. The average molecular weight is 979 g/mol. The van der Waals surface area contributed by atoms with Gasteiger partial charge in [-0.1, -0.05) is 109 Å². The van der Waals surface area contributed by atoms with Crippen LogP contribution in [0.2, 0.25) is 0 Å². The third-order valence-electron chi connectivity index (χ3n) is 16.1. The molecular weight excluding hydrogens is 919 g/mol. The molecule has 6 aromatic carbocycles. The summed E-state index contributed by atoms with van der Waals surface area (Å²) in [7, 11) is 1.32. The molecule has 10 heteroatoms. The van der Waals surface area contributed by atoms with Crippen LogP contribution in [0.15, 0.2) is 158 Å². The topological polar surface area (TPSA) is 108 Å². The lowest BCUT2D eigenvalue weighted by Crippen LogP contribution is -2.50. The summed E-state index contributed by atoms with van der Waals surface area (Å²) in [5, 5.41) is 10.1. The SMILES string of the molecule is [2H]C1(C(=O)O)CC2(CC(CC(=O)c3ccc(F)c4ccn(Cc5ccc(-c6ccccc6)cc5)c34)C2)C1.[2H]C1(C(=O)OC)CC2(CC(CC(=O)c3ccc(F)c4ccn(Cc5ccc(-c6ccccc6)cc5)c34)C2)C1. The summed E-state index contributed by atoms with van der Waals surface area (Å²) in [5.74, 6) is -4.29. The van der Waals surface area contributed by atoms with Gasteiger partial charge in [0.2, 0.25) is 0 Å². The first-order valence-electron chi connectivity index (χ1n) is 26.3. The summed E-state index contributed by atoms with van der Waals surface area (Å²) in [6.07, 6.45) is 9.43. The molecule has 0 radical (unpaired) electrons. The van der Waals surface area contributed by atoms with E-state index in [1.54, 1.807) is 24.3 Å². The van der Waals surface area contributed by atoms with Crippen LogP contribution in [0.1, 0.15) is 98.8 Å². The molecule has 370 valence electrons. The summed E-state index contributed by atoms with van der Waals surface area (Å²) in [6, 6.07) is 46.3. The number of hydrogen-bond donors (Lipinski definition) is 1. The van der Waals surface area contributed by atoms with E-state index in [0.29, 0.717) is 84.5 Å². The molecule has 0 atom stereocenters. The number of carboxylic acid groups (broad SMARTS) is 1. The van der Waals surface area contributed by atoms with Crippen molar-refractivity contribution >= 4 is 45.3 Å². The number of benzene rings is 6. The van der Waals surface area contributed by atoms with E-state index in [1.807, 2.05) is 57.9 Å². The minimum absolute atomic E-state index is 0.00880. The van der Waals surface area contributed by atoms with Gasteiger partial charge in [0, 0.05) is 63.0 Å².